The van der Waals surface area contributed by atoms with Crippen molar-refractivity contribution in [3.05, 3.63) is 93.4 Å². The minimum Gasteiger partial charge on any atom is -0.271 e. The van der Waals surface area contributed by atoms with Crippen molar-refractivity contribution in [1.29, 1.82) is 0 Å². The Morgan fingerprint density at radius 2 is 1.77 bits per heavy atom. The molecule has 3 aromatic rings. The number of nitrogens with zero attached hydrogens (tertiary/aromatic N) is 2. The van der Waals surface area contributed by atoms with Gasteiger partial charge in [-0.1, -0.05) is 63.9 Å². The van der Waals surface area contributed by atoms with Crippen LogP contribution in [0, 0.1) is 6.92 Å². The molecule has 3 aromatic carbocycles. The molecule has 0 bridgehead atoms. The summed E-state index contributed by atoms with van der Waals surface area (Å²) in [4.78, 5) is 12.6. The summed E-state index contributed by atoms with van der Waals surface area (Å²) < 4.78 is 28.4. The topological polar surface area (TPSA) is 78.8 Å². The number of hydrogen-bond donors (Lipinski definition) is 1. The Hall–Kier alpha value is -2.68. The van der Waals surface area contributed by atoms with Gasteiger partial charge in [-0.2, -0.15) is 5.10 Å². The molecule has 0 heterocycles. The minimum atomic E-state index is -4.00. The molecule has 1 amide bonds. The van der Waals surface area contributed by atoms with Crippen LogP contribution >= 0.6 is 27.5 Å². The number of hydrogen-bond acceptors (Lipinski definition) is 4. The van der Waals surface area contributed by atoms with Crippen LogP contribution in [0.15, 0.2) is 87.3 Å². The molecule has 0 fully saturated rings. The first-order valence-electron chi connectivity index (χ1n) is 9.19. The molecule has 0 spiro atoms. The molecular weight excluding hydrogens is 502 g/mol. The summed E-state index contributed by atoms with van der Waals surface area (Å²) in [5.74, 6) is -0.593. The molecule has 0 aliphatic carbocycles. The number of hydrazone groups is 1. The smallest absolute Gasteiger partial charge is 0.264 e. The number of carbonyl (C=O) groups excluding carboxylic acids is 1. The Morgan fingerprint density at radius 1 is 1.10 bits per heavy atom. The molecular formula is C22H19BrClN3O3S. The SMILES string of the molecule is Cc1ccc(N(CC(=O)N/N=C\c2ccc(Br)cc2)S(=O)(=O)c2ccccc2)cc1Cl. The normalized spacial score (nSPS) is 11.5. The van der Waals surface area contributed by atoms with Gasteiger partial charge in [0.1, 0.15) is 6.54 Å². The Morgan fingerprint density at radius 3 is 2.42 bits per heavy atom. The zero-order valence-corrected chi connectivity index (χ0v) is 19.7. The van der Waals surface area contributed by atoms with Gasteiger partial charge in [-0.05, 0) is 54.4 Å². The lowest BCUT2D eigenvalue weighted by molar-refractivity contribution is -0.119. The third-order valence-corrected chi connectivity index (χ3v) is 7.06. The molecule has 3 rings (SSSR count). The van der Waals surface area contributed by atoms with Gasteiger partial charge in [0.2, 0.25) is 0 Å². The van der Waals surface area contributed by atoms with E-state index in [0.717, 1.165) is 19.9 Å². The van der Waals surface area contributed by atoms with Crippen LogP contribution in [0.3, 0.4) is 0 Å². The summed E-state index contributed by atoms with van der Waals surface area (Å²) >= 11 is 9.55. The molecule has 0 aliphatic rings. The highest BCUT2D eigenvalue weighted by Gasteiger charge is 2.27. The number of halogens is 2. The number of carbonyl (C=O) groups is 1. The van der Waals surface area contributed by atoms with Gasteiger partial charge in [0.15, 0.2) is 0 Å². The fourth-order valence-corrected chi connectivity index (χ4v) is 4.54. The third kappa shape index (κ3) is 5.94. The van der Waals surface area contributed by atoms with Crippen molar-refractivity contribution in [3.8, 4) is 0 Å². The molecule has 0 aliphatic heterocycles. The second-order valence-corrected chi connectivity index (χ2v) is 9.79. The average molecular weight is 521 g/mol. The lowest BCUT2D eigenvalue weighted by Gasteiger charge is -2.24. The molecule has 0 unspecified atom stereocenters. The summed E-state index contributed by atoms with van der Waals surface area (Å²) in [5, 5.41) is 4.32. The van der Waals surface area contributed by atoms with Crippen molar-refractivity contribution in [2.75, 3.05) is 10.8 Å². The van der Waals surface area contributed by atoms with Crippen molar-refractivity contribution in [3.63, 3.8) is 0 Å². The second kappa shape index (κ2) is 10.1. The first-order chi connectivity index (χ1) is 14.8. The van der Waals surface area contributed by atoms with E-state index < -0.39 is 22.5 Å². The monoisotopic (exact) mass is 519 g/mol. The van der Waals surface area contributed by atoms with Crippen LogP contribution in [0.25, 0.3) is 0 Å². The highest BCUT2D eigenvalue weighted by atomic mass is 79.9. The van der Waals surface area contributed by atoms with E-state index in [1.54, 1.807) is 30.3 Å². The van der Waals surface area contributed by atoms with E-state index in [0.29, 0.717) is 5.02 Å². The predicted octanol–water partition coefficient (Wildman–Crippen LogP) is 4.76. The molecule has 0 radical (unpaired) electrons. The van der Waals surface area contributed by atoms with Gasteiger partial charge in [0, 0.05) is 9.50 Å². The molecule has 6 nitrogen and oxygen atoms in total. The van der Waals surface area contributed by atoms with Gasteiger partial charge in [-0.3, -0.25) is 9.10 Å². The van der Waals surface area contributed by atoms with Gasteiger partial charge >= 0.3 is 0 Å². The Bertz CT molecular complexity index is 1200. The summed E-state index contributed by atoms with van der Waals surface area (Å²) in [5.41, 5.74) is 4.24. The van der Waals surface area contributed by atoms with Gasteiger partial charge in [-0.25, -0.2) is 13.8 Å². The lowest BCUT2D eigenvalue weighted by atomic mass is 10.2. The number of nitrogens with one attached hydrogen (secondary N) is 1. The van der Waals surface area contributed by atoms with E-state index in [4.69, 9.17) is 11.6 Å². The Kier molecular flexibility index (Phi) is 7.48. The fraction of sp³-hybridized carbons (Fsp3) is 0.0909. The molecule has 0 saturated carbocycles. The molecule has 1 N–H and O–H groups in total. The molecule has 0 aromatic heterocycles. The zero-order chi connectivity index (χ0) is 22.4. The summed E-state index contributed by atoms with van der Waals surface area (Å²) in [6.45, 7) is 1.35. The van der Waals surface area contributed by atoms with Crippen LogP contribution in [-0.2, 0) is 14.8 Å². The van der Waals surface area contributed by atoms with Gasteiger partial charge in [0.25, 0.3) is 15.9 Å². The average Bonchev–Trinajstić information content (AvgIpc) is 2.76. The van der Waals surface area contributed by atoms with E-state index in [1.165, 1.54) is 24.4 Å². The van der Waals surface area contributed by atoms with Crippen molar-refractivity contribution >= 4 is 55.4 Å². The number of anilines is 1. The first kappa shape index (κ1) is 23.0. The standard InChI is InChI=1S/C22H19BrClN3O3S/c1-16-7-12-19(13-21(16)24)27(31(29,30)20-5-3-2-4-6-20)15-22(28)26-25-14-17-8-10-18(23)11-9-17/h2-14H,15H2,1H3,(H,26,28)/b25-14-. The number of sulfonamides is 1. The summed E-state index contributed by atoms with van der Waals surface area (Å²) in [6, 6.07) is 20.1. The van der Waals surface area contributed by atoms with Crippen molar-refractivity contribution in [2.24, 2.45) is 5.10 Å². The summed E-state index contributed by atoms with van der Waals surface area (Å²) in [7, 11) is -4.00. The van der Waals surface area contributed by atoms with Gasteiger partial charge in [0.05, 0.1) is 16.8 Å². The van der Waals surface area contributed by atoms with Crippen LogP contribution in [0.1, 0.15) is 11.1 Å². The van der Waals surface area contributed by atoms with E-state index in [-0.39, 0.29) is 10.6 Å². The molecule has 0 atom stereocenters. The largest absolute Gasteiger partial charge is 0.271 e. The highest BCUT2D eigenvalue weighted by Crippen LogP contribution is 2.27. The zero-order valence-electron chi connectivity index (χ0n) is 16.5. The van der Waals surface area contributed by atoms with Crippen molar-refractivity contribution in [1.82, 2.24) is 5.43 Å². The quantitative estimate of drug-likeness (QED) is 0.360. The maximum Gasteiger partial charge on any atom is 0.264 e. The van der Waals surface area contributed by atoms with E-state index in [9.17, 15) is 13.2 Å². The van der Waals surface area contributed by atoms with Gasteiger partial charge < -0.3 is 0 Å². The predicted molar refractivity (Wildman–Crippen MR) is 127 cm³/mol. The lowest BCUT2D eigenvalue weighted by Crippen LogP contribution is -2.39. The van der Waals surface area contributed by atoms with Crippen LogP contribution in [0.5, 0.6) is 0 Å². The molecule has 0 saturated heterocycles. The van der Waals surface area contributed by atoms with Crippen LogP contribution in [0.2, 0.25) is 5.02 Å². The maximum atomic E-state index is 13.3. The highest BCUT2D eigenvalue weighted by molar-refractivity contribution is 9.10. The third-order valence-electron chi connectivity index (χ3n) is 4.33. The Labute approximate surface area is 194 Å². The van der Waals surface area contributed by atoms with Crippen LogP contribution in [-0.4, -0.2) is 27.1 Å². The van der Waals surface area contributed by atoms with Crippen LogP contribution in [0.4, 0.5) is 5.69 Å². The van der Waals surface area contributed by atoms with E-state index in [2.05, 4.69) is 26.5 Å². The van der Waals surface area contributed by atoms with E-state index in [1.807, 2.05) is 31.2 Å². The van der Waals surface area contributed by atoms with Gasteiger partial charge in [-0.15, -0.1) is 0 Å². The van der Waals surface area contributed by atoms with Crippen molar-refractivity contribution < 1.29 is 13.2 Å². The number of amides is 1. The summed E-state index contributed by atoms with van der Waals surface area (Å²) in [6.07, 6.45) is 1.48. The minimum absolute atomic E-state index is 0.0675. The maximum absolute atomic E-state index is 13.3. The fourth-order valence-electron chi connectivity index (χ4n) is 2.67. The number of benzene rings is 3. The first-order valence-corrected chi connectivity index (χ1v) is 11.8. The molecule has 9 heteroatoms. The molecule has 160 valence electrons. The molecule has 31 heavy (non-hydrogen) atoms. The van der Waals surface area contributed by atoms with Crippen molar-refractivity contribution in [2.45, 2.75) is 11.8 Å². The van der Waals surface area contributed by atoms with Crippen LogP contribution < -0.4 is 9.73 Å². The number of aryl methyl sites for hydroxylation is 1. The van der Waals surface area contributed by atoms with E-state index >= 15 is 0 Å². The Balaban J connectivity index is 1.85. The second-order valence-electron chi connectivity index (χ2n) is 6.60. The number of rotatable bonds is 7.